The number of hydrogen-bond donors (Lipinski definition) is 2. The molecule has 0 aromatic carbocycles. The Hall–Kier alpha value is -0.710. The van der Waals surface area contributed by atoms with E-state index in [0.717, 1.165) is 25.8 Å². The minimum absolute atomic E-state index is 0.0303. The second kappa shape index (κ2) is 8.55. The van der Waals surface area contributed by atoms with E-state index < -0.39 is 6.04 Å². The summed E-state index contributed by atoms with van der Waals surface area (Å²) in [5, 5.41) is 2.71. The van der Waals surface area contributed by atoms with Gasteiger partial charge in [-0.15, -0.1) is 0 Å². The number of nitrogens with one attached hydrogen (secondary N) is 1. The molecule has 0 heterocycles. The zero-order chi connectivity index (χ0) is 15.1. The maximum atomic E-state index is 12.7. The normalized spacial score (nSPS) is 17.2. The minimum atomic E-state index is -0.497. The summed E-state index contributed by atoms with van der Waals surface area (Å²) >= 11 is 4.21. The van der Waals surface area contributed by atoms with Gasteiger partial charge in [-0.2, -0.15) is 12.6 Å². The van der Waals surface area contributed by atoms with Gasteiger partial charge in [0.1, 0.15) is 6.04 Å². The Balaban J connectivity index is 2.73. The highest BCUT2D eigenvalue weighted by molar-refractivity contribution is 7.80. The Labute approximate surface area is 128 Å². The first kappa shape index (κ1) is 17.3. The van der Waals surface area contributed by atoms with Crippen LogP contribution >= 0.6 is 12.6 Å². The first-order valence-corrected chi connectivity index (χ1v) is 8.27. The van der Waals surface area contributed by atoms with E-state index in [2.05, 4.69) is 31.8 Å². The lowest BCUT2D eigenvalue weighted by molar-refractivity contribution is -0.137. The van der Waals surface area contributed by atoms with Crippen LogP contribution in [0.15, 0.2) is 0 Å². The van der Waals surface area contributed by atoms with Crippen molar-refractivity contribution in [3.63, 3.8) is 0 Å². The van der Waals surface area contributed by atoms with Crippen LogP contribution in [0.5, 0.6) is 0 Å². The Kier molecular flexibility index (Phi) is 7.41. The van der Waals surface area contributed by atoms with Crippen LogP contribution in [0.25, 0.3) is 0 Å². The van der Waals surface area contributed by atoms with Gasteiger partial charge in [0.25, 0.3) is 0 Å². The number of nitrogens with zero attached hydrogens (tertiary/aromatic N) is 1. The average molecular weight is 300 g/mol. The summed E-state index contributed by atoms with van der Waals surface area (Å²) in [5.41, 5.74) is 0. The molecule has 1 rings (SSSR count). The summed E-state index contributed by atoms with van der Waals surface area (Å²) in [7, 11) is 0. The van der Waals surface area contributed by atoms with Gasteiger partial charge in [-0.05, 0) is 25.2 Å². The topological polar surface area (TPSA) is 49.4 Å². The molecule has 1 unspecified atom stereocenters. The molecule has 1 fully saturated rings. The highest BCUT2D eigenvalue weighted by atomic mass is 32.1. The van der Waals surface area contributed by atoms with Crippen molar-refractivity contribution in [2.75, 3.05) is 12.3 Å². The predicted molar refractivity (Wildman–Crippen MR) is 84.9 cm³/mol. The Morgan fingerprint density at radius 1 is 1.30 bits per heavy atom. The second-order valence-corrected chi connectivity index (χ2v) is 6.45. The zero-order valence-electron chi connectivity index (χ0n) is 12.9. The molecule has 2 amide bonds. The lowest BCUT2D eigenvalue weighted by Gasteiger charge is -2.32. The third-order valence-corrected chi connectivity index (χ3v) is 4.22. The van der Waals surface area contributed by atoms with Crippen LogP contribution in [0.2, 0.25) is 0 Å². The van der Waals surface area contributed by atoms with E-state index in [-0.39, 0.29) is 11.8 Å². The molecular formula is C15H28N2O2S. The second-order valence-electron chi connectivity index (χ2n) is 6.09. The standard InChI is InChI=1S/C15H28N2O2S/c1-11(2)8-9-17(13-6-4-5-7-13)15(19)14(10-20)16-12(3)18/h11,13-14,20H,4-10H2,1-3H3,(H,16,18). The average Bonchev–Trinajstić information content (AvgIpc) is 2.89. The zero-order valence-corrected chi connectivity index (χ0v) is 13.8. The highest BCUT2D eigenvalue weighted by Crippen LogP contribution is 2.25. The number of thiol groups is 1. The van der Waals surface area contributed by atoms with Gasteiger partial charge in [0.15, 0.2) is 0 Å². The van der Waals surface area contributed by atoms with Gasteiger partial charge in [0, 0.05) is 25.3 Å². The van der Waals surface area contributed by atoms with Crippen LogP contribution < -0.4 is 5.32 Å². The smallest absolute Gasteiger partial charge is 0.246 e. The van der Waals surface area contributed by atoms with Gasteiger partial charge < -0.3 is 10.2 Å². The van der Waals surface area contributed by atoms with Crippen molar-refractivity contribution in [1.82, 2.24) is 10.2 Å². The van der Waals surface area contributed by atoms with Crippen molar-refractivity contribution in [2.45, 2.75) is 65.0 Å². The van der Waals surface area contributed by atoms with Gasteiger partial charge in [-0.25, -0.2) is 0 Å². The quantitative estimate of drug-likeness (QED) is 0.708. The van der Waals surface area contributed by atoms with E-state index in [1.165, 1.54) is 19.8 Å². The van der Waals surface area contributed by atoms with E-state index in [9.17, 15) is 9.59 Å². The van der Waals surface area contributed by atoms with Crippen molar-refractivity contribution >= 4 is 24.4 Å². The van der Waals surface area contributed by atoms with Gasteiger partial charge in [-0.1, -0.05) is 26.7 Å². The molecule has 116 valence electrons. The summed E-state index contributed by atoms with van der Waals surface area (Å²) in [6, 6.07) is -0.152. The molecular weight excluding hydrogens is 272 g/mol. The number of hydrogen-bond acceptors (Lipinski definition) is 3. The van der Waals surface area contributed by atoms with E-state index >= 15 is 0 Å². The number of rotatable bonds is 7. The fourth-order valence-electron chi connectivity index (χ4n) is 2.72. The number of carbonyl (C=O) groups excluding carboxylic acids is 2. The fraction of sp³-hybridized carbons (Fsp3) is 0.867. The number of amides is 2. The third-order valence-electron chi connectivity index (χ3n) is 3.85. The minimum Gasteiger partial charge on any atom is -0.344 e. The van der Waals surface area contributed by atoms with Crippen LogP contribution in [0.3, 0.4) is 0 Å². The van der Waals surface area contributed by atoms with Gasteiger partial charge >= 0.3 is 0 Å². The maximum Gasteiger partial charge on any atom is 0.246 e. The van der Waals surface area contributed by atoms with Crippen molar-refractivity contribution in [1.29, 1.82) is 0 Å². The molecule has 1 aliphatic rings. The molecule has 0 radical (unpaired) electrons. The molecule has 0 aliphatic heterocycles. The Morgan fingerprint density at radius 3 is 2.35 bits per heavy atom. The van der Waals surface area contributed by atoms with Gasteiger partial charge in [0.2, 0.25) is 11.8 Å². The molecule has 1 N–H and O–H groups in total. The summed E-state index contributed by atoms with van der Waals surface area (Å²) < 4.78 is 0. The van der Waals surface area contributed by atoms with Crippen molar-refractivity contribution < 1.29 is 9.59 Å². The predicted octanol–water partition coefficient (Wildman–Crippen LogP) is 2.24. The van der Waals surface area contributed by atoms with Crippen LogP contribution in [-0.4, -0.2) is 41.1 Å². The molecule has 0 bridgehead atoms. The fourth-order valence-corrected chi connectivity index (χ4v) is 2.96. The first-order valence-electron chi connectivity index (χ1n) is 7.64. The lowest BCUT2D eigenvalue weighted by Crippen LogP contribution is -2.52. The van der Waals surface area contributed by atoms with Crippen molar-refractivity contribution in [3.8, 4) is 0 Å². The molecule has 0 aromatic rings. The SMILES string of the molecule is CC(=O)NC(CS)C(=O)N(CCC(C)C)C1CCCC1. The summed E-state index contributed by atoms with van der Waals surface area (Å²) in [5.74, 6) is 0.779. The Bertz CT molecular complexity index is 328. The number of carbonyl (C=O) groups is 2. The molecule has 0 saturated heterocycles. The van der Waals surface area contributed by atoms with Crippen molar-refractivity contribution in [3.05, 3.63) is 0 Å². The van der Waals surface area contributed by atoms with E-state index in [1.54, 1.807) is 0 Å². The highest BCUT2D eigenvalue weighted by Gasteiger charge is 2.31. The van der Waals surface area contributed by atoms with E-state index in [0.29, 0.717) is 17.7 Å². The van der Waals surface area contributed by atoms with Crippen LogP contribution in [0.4, 0.5) is 0 Å². The third kappa shape index (κ3) is 5.35. The van der Waals surface area contributed by atoms with Crippen LogP contribution in [0, 0.1) is 5.92 Å². The monoisotopic (exact) mass is 300 g/mol. The molecule has 4 nitrogen and oxygen atoms in total. The summed E-state index contributed by atoms with van der Waals surface area (Å²) in [4.78, 5) is 25.9. The molecule has 1 aliphatic carbocycles. The summed E-state index contributed by atoms with van der Waals surface area (Å²) in [6.07, 6.45) is 5.57. The maximum absolute atomic E-state index is 12.7. The van der Waals surface area contributed by atoms with Crippen molar-refractivity contribution in [2.24, 2.45) is 5.92 Å². The molecule has 1 atom stereocenters. The summed E-state index contributed by atoms with van der Waals surface area (Å²) in [6.45, 7) is 6.56. The lowest BCUT2D eigenvalue weighted by atomic mass is 10.1. The van der Waals surface area contributed by atoms with Crippen LogP contribution in [-0.2, 0) is 9.59 Å². The van der Waals surface area contributed by atoms with Gasteiger partial charge in [-0.3, -0.25) is 9.59 Å². The van der Waals surface area contributed by atoms with E-state index in [1.807, 2.05) is 4.90 Å². The van der Waals surface area contributed by atoms with E-state index in [4.69, 9.17) is 0 Å². The molecule has 20 heavy (non-hydrogen) atoms. The first-order chi connectivity index (χ1) is 9.45. The molecule has 0 spiro atoms. The molecule has 0 aromatic heterocycles. The largest absolute Gasteiger partial charge is 0.344 e. The van der Waals surface area contributed by atoms with Gasteiger partial charge in [0.05, 0.1) is 0 Å². The molecule has 5 heteroatoms. The Morgan fingerprint density at radius 2 is 1.90 bits per heavy atom. The van der Waals surface area contributed by atoms with Crippen LogP contribution in [0.1, 0.15) is 52.9 Å². The molecule has 1 saturated carbocycles.